The topological polar surface area (TPSA) is 75.0 Å². The molecular formula is C24H25N3O4. The second-order valence-corrected chi connectivity index (χ2v) is 8.24. The van der Waals surface area contributed by atoms with Crippen LogP contribution in [-0.4, -0.2) is 70.2 Å². The number of rotatable bonds is 4. The molecular weight excluding hydrogens is 394 g/mol. The number of para-hydroxylation sites is 1. The molecule has 1 saturated carbocycles. The fourth-order valence-electron chi connectivity index (χ4n) is 4.22. The van der Waals surface area contributed by atoms with Crippen molar-refractivity contribution in [3.05, 3.63) is 60.2 Å². The molecule has 0 unspecified atom stereocenters. The van der Waals surface area contributed by atoms with Gasteiger partial charge in [0.25, 0.3) is 11.8 Å². The van der Waals surface area contributed by atoms with Crippen molar-refractivity contribution in [2.75, 3.05) is 33.3 Å². The molecule has 160 valence electrons. The van der Waals surface area contributed by atoms with Crippen molar-refractivity contribution >= 4 is 22.7 Å². The van der Waals surface area contributed by atoms with E-state index in [2.05, 4.69) is 0 Å². The lowest BCUT2D eigenvalue weighted by Gasteiger charge is -2.35. The van der Waals surface area contributed by atoms with Gasteiger partial charge in [0.1, 0.15) is 5.60 Å². The summed E-state index contributed by atoms with van der Waals surface area (Å²) in [5.74, 6) is 0.489. The molecule has 31 heavy (non-hydrogen) atoms. The molecule has 0 spiro atoms. The van der Waals surface area contributed by atoms with Crippen LogP contribution in [0.5, 0.6) is 5.88 Å². The van der Waals surface area contributed by atoms with Gasteiger partial charge >= 0.3 is 0 Å². The Bertz CT molecular complexity index is 1140. The number of ether oxygens (including phenoxy) is 1. The summed E-state index contributed by atoms with van der Waals surface area (Å²) in [6, 6.07) is 17.6. The van der Waals surface area contributed by atoms with Crippen LogP contribution in [0.1, 0.15) is 23.2 Å². The monoisotopic (exact) mass is 419 g/mol. The van der Waals surface area contributed by atoms with Crippen LogP contribution in [0, 0.1) is 0 Å². The second-order valence-electron chi connectivity index (χ2n) is 8.24. The summed E-state index contributed by atoms with van der Waals surface area (Å²) in [4.78, 5) is 28.7. The van der Waals surface area contributed by atoms with E-state index in [-0.39, 0.29) is 11.8 Å². The fraction of sp³-hybridized carbons (Fsp3) is 0.333. The minimum Gasteiger partial charge on any atom is -0.482 e. The Morgan fingerprint density at radius 2 is 1.58 bits per heavy atom. The van der Waals surface area contributed by atoms with Crippen LogP contribution in [0.4, 0.5) is 0 Å². The largest absolute Gasteiger partial charge is 0.482 e. The quantitative estimate of drug-likeness (QED) is 0.705. The van der Waals surface area contributed by atoms with Gasteiger partial charge < -0.3 is 19.6 Å². The Morgan fingerprint density at radius 3 is 2.23 bits per heavy atom. The average Bonchev–Trinajstić information content (AvgIpc) is 3.46. The van der Waals surface area contributed by atoms with E-state index in [4.69, 9.17) is 4.74 Å². The van der Waals surface area contributed by atoms with Crippen LogP contribution in [0.25, 0.3) is 16.6 Å². The number of fused-ring (bicyclic) bond motifs is 1. The first kappa shape index (κ1) is 19.6. The highest BCUT2D eigenvalue weighted by molar-refractivity contribution is 5.95. The number of aliphatic hydroxyl groups is 1. The predicted molar refractivity (Wildman–Crippen MR) is 116 cm³/mol. The third-order valence-electron chi connectivity index (χ3n) is 6.23. The highest BCUT2D eigenvalue weighted by atomic mass is 16.5. The summed E-state index contributed by atoms with van der Waals surface area (Å²) in [5.41, 5.74) is 1.42. The molecule has 1 aliphatic heterocycles. The standard InChI is InChI=1S/C24H25N3O4/c1-31-21-16-18-4-2-3-5-20(18)27(21)19-8-6-17(7-9-19)22(28)25-12-14-26(15-13-25)23(29)24(30)10-11-24/h2-9,16,30H,10-15H2,1H3. The molecule has 0 atom stereocenters. The molecule has 2 fully saturated rings. The number of amides is 2. The van der Waals surface area contributed by atoms with Crippen molar-refractivity contribution in [3.8, 4) is 11.6 Å². The Labute approximate surface area is 180 Å². The van der Waals surface area contributed by atoms with Crippen molar-refractivity contribution < 1.29 is 19.4 Å². The van der Waals surface area contributed by atoms with E-state index in [0.29, 0.717) is 44.6 Å². The van der Waals surface area contributed by atoms with Gasteiger partial charge in [-0.2, -0.15) is 0 Å². The van der Waals surface area contributed by atoms with Gasteiger partial charge in [-0.15, -0.1) is 0 Å². The smallest absolute Gasteiger partial charge is 0.254 e. The number of piperazine rings is 1. The summed E-state index contributed by atoms with van der Waals surface area (Å²) in [6.07, 6.45) is 1.08. The first-order valence-corrected chi connectivity index (χ1v) is 10.6. The summed E-state index contributed by atoms with van der Waals surface area (Å²) in [7, 11) is 1.65. The maximum Gasteiger partial charge on any atom is 0.254 e. The van der Waals surface area contributed by atoms with Gasteiger partial charge in [-0.25, -0.2) is 0 Å². The number of carbonyl (C=O) groups is 2. The molecule has 0 radical (unpaired) electrons. The average molecular weight is 419 g/mol. The van der Waals surface area contributed by atoms with E-state index in [1.807, 2.05) is 59.2 Å². The molecule has 1 aromatic heterocycles. The van der Waals surface area contributed by atoms with E-state index in [1.54, 1.807) is 16.9 Å². The predicted octanol–water partition coefficient (Wildman–Crippen LogP) is 2.45. The number of benzene rings is 2. The summed E-state index contributed by atoms with van der Waals surface area (Å²) >= 11 is 0. The lowest BCUT2D eigenvalue weighted by molar-refractivity contribution is -0.143. The molecule has 2 heterocycles. The van der Waals surface area contributed by atoms with Gasteiger partial charge in [0.05, 0.1) is 12.6 Å². The van der Waals surface area contributed by atoms with Crippen molar-refractivity contribution in [1.29, 1.82) is 0 Å². The lowest BCUT2D eigenvalue weighted by Crippen LogP contribution is -2.53. The molecule has 7 nitrogen and oxygen atoms in total. The zero-order valence-corrected chi connectivity index (χ0v) is 17.5. The number of hydrogen-bond acceptors (Lipinski definition) is 4. The van der Waals surface area contributed by atoms with Crippen LogP contribution in [0.15, 0.2) is 54.6 Å². The van der Waals surface area contributed by atoms with Gasteiger partial charge in [0.15, 0.2) is 5.88 Å². The molecule has 2 aromatic carbocycles. The number of hydrogen-bond donors (Lipinski definition) is 1. The Kier molecular flexibility index (Phi) is 4.70. The van der Waals surface area contributed by atoms with Crippen molar-refractivity contribution in [2.24, 2.45) is 0 Å². The van der Waals surface area contributed by atoms with Gasteiger partial charge in [0, 0.05) is 48.9 Å². The van der Waals surface area contributed by atoms with E-state index < -0.39 is 5.60 Å². The summed E-state index contributed by atoms with van der Waals surface area (Å²) in [5, 5.41) is 11.1. The maximum absolute atomic E-state index is 13.0. The molecule has 0 bridgehead atoms. The number of nitrogens with zero attached hydrogens (tertiary/aromatic N) is 3. The number of carbonyl (C=O) groups excluding carboxylic acids is 2. The Hall–Kier alpha value is -3.32. The van der Waals surface area contributed by atoms with Gasteiger partial charge in [-0.1, -0.05) is 18.2 Å². The maximum atomic E-state index is 13.0. The lowest BCUT2D eigenvalue weighted by atomic mass is 10.1. The minimum atomic E-state index is -1.15. The Balaban J connectivity index is 1.31. The first-order chi connectivity index (χ1) is 15.0. The third-order valence-corrected chi connectivity index (χ3v) is 6.23. The van der Waals surface area contributed by atoms with Crippen molar-refractivity contribution in [2.45, 2.75) is 18.4 Å². The molecule has 7 heteroatoms. The molecule has 3 aromatic rings. The number of methoxy groups -OCH3 is 1. The van der Waals surface area contributed by atoms with Gasteiger partial charge in [-0.3, -0.25) is 14.2 Å². The Morgan fingerprint density at radius 1 is 0.935 bits per heavy atom. The van der Waals surface area contributed by atoms with Crippen molar-refractivity contribution in [3.63, 3.8) is 0 Å². The van der Waals surface area contributed by atoms with Crippen LogP contribution < -0.4 is 4.74 Å². The molecule has 1 aliphatic carbocycles. The molecule has 5 rings (SSSR count). The van der Waals surface area contributed by atoms with Crippen LogP contribution in [0.3, 0.4) is 0 Å². The van der Waals surface area contributed by atoms with Crippen LogP contribution >= 0.6 is 0 Å². The van der Waals surface area contributed by atoms with Crippen LogP contribution in [0.2, 0.25) is 0 Å². The highest BCUT2D eigenvalue weighted by Gasteiger charge is 2.50. The van der Waals surface area contributed by atoms with E-state index in [0.717, 1.165) is 22.5 Å². The minimum absolute atomic E-state index is 0.0480. The molecule has 1 N–H and O–H groups in total. The molecule has 1 saturated heterocycles. The number of aromatic nitrogens is 1. The normalized spacial score (nSPS) is 17.6. The van der Waals surface area contributed by atoms with E-state index in [1.165, 1.54) is 0 Å². The zero-order valence-electron chi connectivity index (χ0n) is 17.5. The SMILES string of the molecule is COc1cc2ccccc2n1-c1ccc(C(=O)N2CCN(C(=O)C3(O)CC3)CC2)cc1. The first-order valence-electron chi connectivity index (χ1n) is 10.6. The van der Waals surface area contributed by atoms with E-state index >= 15 is 0 Å². The summed E-state index contributed by atoms with van der Waals surface area (Å²) < 4.78 is 7.58. The molecule has 2 aliphatic rings. The molecule has 2 amide bonds. The highest BCUT2D eigenvalue weighted by Crippen LogP contribution is 2.37. The fourth-order valence-corrected chi connectivity index (χ4v) is 4.22. The van der Waals surface area contributed by atoms with Gasteiger partial charge in [0.2, 0.25) is 0 Å². The second kappa shape index (κ2) is 7.42. The van der Waals surface area contributed by atoms with Crippen LogP contribution in [-0.2, 0) is 4.79 Å². The summed E-state index contributed by atoms with van der Waals surface area (Å²) in [6.45, 7) is 1.85. The van der Waals surface area contributed by atoms with Gasteiger partial charge in [-0.05, 0) is 43.2 Å². The van der Waals surface area contributed by atoms with Crippen molar-refractivity contribution in [1.82, 2.24) is 14.4 Å². The van der Waals surface area contributed by atoms with E-state index in [9.17, 15) is 14.7 Å². The zero-order chi connectivity index (χ0) is 21.6. The third kappa shape index (κ3) is 3.45.